The number of likely N-dealkylation sites (N-methyl/N-ethyl adjacent to an activating group) is 1. The van der Waals surface area contributed by atoms with Gasteiger partial charge in [-0.2, -0.15) is 0 Å². The maximum atomic E-state index is 13.2. The molecule has 1 heterocycles. The van der Waals surface area contributed by atoms with Gasteiger partial charge in [-0.15, -0.1) is 0 Å². The summed E-state index contributed by atoms with van der Waals surface area (Å²) in [5, 5.41) is 0. The summed E-state index contributed by atoms with van der Waals surface area (Å²) in [5.41, 5.74) is 5.64. The van der Waals surface area contributed by atoms with Crippen molar-refractivity contribution in [3.8, 4) is 11.1 Å². The molecule has 0 N–H and O–H groups in total. The molecule has 1 aromatic heterocycles. The quantitative estimate of drug-likeness (QED) is 0.442. The van der Waals surface area contributed by atoms with Crippen molar-refractivity contribution in [2.75, 3.05) is 13.7 Å². The lowest BCUT2D eigenvalue weighted by molar-refractivity contribution is -0.160. The number of esters is 1. The summed E-state index contributed by atoms with van der Waals surface area (Å²) in [6.45, 7) is 7.51. The van der Waals surface area contributed by atoms with Gasteiger partial charge in [0.05, 0.1) is 0 Å². The van der Waals surface area contributed by atoms with Crippen molar-refractivity contribution in [3.63, 3.8) is 0 Å². The Bertz CT molecular complexity index is 1170. The number of carbonyl (C=O) groups is 2. The molecule has 0 aliphatic heterocycles. The summed E-state index contributed by atoms with van der Waals surface area (Å²) in [7, 11) is 1.58. The lowest BCUT2D eigenvalue weighted by atomic mass is 9.98. The fraction of sp³-hybridized carbons (Fsp3) is 0.345. The number of benzene rings is 2. The van der Waals surface area contributed by atoms with E-state index in [9.17, 15) is 9.59 Å². The van der Waals surface area contributed by atoms with Crippen LogP contribution in [-0.2, 0) is 20.7 Å². The van der Waals surface area contributed by atoms with Crippen molar-refractivity contribution in [1.82, 2.24) is 9.88 Å². The molecule has 4 rings (SSSR count). The van der Waals surface area contributed by atoms with Crippen molar-refractivity contribution in [3.05, 3.63) is 89.2 Å². The largest absolute Gasteiger partial charge is 0.458 e. The van der Waals surface area contributed by atoms with Gasteiger partial charge in [0, 0.05) is 31.3 Å². The van der Waals surface area contributed by atoms with Gasteiger partial charge >= 0.3 is 12.1 Å². The van der Waals surface area contributed by atoms with E-state index in [2.05, 4.69) is 29.2 Å². The molecule has 1 amide bonds. The number of pyridine rings is 1. The number of carbonyl (C=O) groups excluding carboxylic acids is 2. The minimum absolute atomic E-state index is 0.0546. The Hall–Kier alpha value is -3.67. The van der Waals surface area contributed by atoms with Crippen molar-refractivity contribution < 1.29 is 19.1 Å². The lowest BCUT2D eigenvalue weighted by Gasteiger charge is -2.30. The van der Waals surface area contributed by atoms with Crippen LogP contribution in [-0.4, -0.2) is 47.2 Å². The molecule has 6 nitrogen and oxygen atoms in total. The standard InChI is InChI=1S/C29H32N2O4/c1-19-14-15-20(17-30-19)16-26(27(32)35-29(2,3)4)31(5)28(33)34-18-25-23-12-8-6-10-21(23)22-11-7-9-13-24(22)25/h6-15,17,25-26H,16,18H2,1-5H3/t26-/m0/s1. The third-order valence-corrected chi connectivity index (χ3v) is 6.17. The second kappa shape index (κ2) is 9.90. The minimum Gasteiger partial charge on any atom is -0.458 e. The highest BCUT2D eigenvalue weighted by atomic mass is 16.6. The van der Waals surface area contributed by atoms with E-state index in [1.54, 1.807) is 13.2 Å². The number of rotatable bonds is 6. The van der Waals surface area contributed by atoms with Gasteiger partial charge in [0.2, 0.25) is 0 Å². The zero-order valence-corrected chi connectivity index (χ0v) is 20.9. The molecule has 0 spiro atoms. The molecule has 6 heteroatoms. The second-order valence-corrected chi connectivity index (χ2v) is 9.98. The van der Waals surface area contributed by atoms with E-state index in [1.165, 1.54) is 4.90 Å². The van der Waals surface area contributed by atoms with E-state index in [1.807, 2.05) is 64.1 Å². The molecule has 1 aliphatic carbocycles. The summed E-state index contributed by atoms with van der Waals surface area (Å²) < 4.78 is 11.4. The van der Waals surface area contributed by atoms with Gasteiger partial charge < -0.3 is 9.47 Å². The summed E-state index contributed by atoms with van der Waals surface area (Å²) in [6, 6.07) is 19.3. The van der Waals surface area contributed by atoms with Crippen LogP contribution >= 0.6 is 0 Å². The van der Waals surface area contributed by atoms with Crippen LogP contribution in [0.1, 0.15) is 49.1 Å². The predicted molar refractivity (Wildman–Crippen MR) is 135 cm³/mol. The third-order valence-electron chi connectivity index (χ3n) is 6.17. The molecule has 0 radical (unpaired) electrons. The van der Waals surface area contributed by atoms with Gasteiger partial charge in [-0.05, 0) is 61.6 Å². The average molecular weight is 473 g/mol. The Morgan fingerprint density at radius 3 is 2.11 bits per heavy atom. The Morgan fingerprint density at radius 1 is 0.971 bits per heavy atom. The normalized spacial score (nSPS) is 13.5. The Labute approximate surface area is 206 Å². The number of amides is 1. The average Bonchev–Trinajstić information content (AvgIpc) is 3.14. The molecule has 0 bridgehead atoms. The highest BCUT2D eigenvalue weighted by molar-refractivity contribution is 5.82. The third kappa shape index (κ3) is 5.53. The van der Waals surface area contributed by atoms with E-state index in [0.29, 0.717) is 0 Å². The van der Waals surface area contributed by atoms with Crippen LogP contribution < -0.4 is 0 Å². The number of nitrogens with zero attached hydrogens (tertiary/aromatic N) is 2. The SMILES string of the molecule is Cc1ccc(C[C@@H](C(=O)OC(C)(C)C)N(C)C(=O)OCC2c3ccccc3-c3ccccc32)cn1. The van der Waals surface area contributed by atoms with Crippen LogP contribution in [0, 0.1) is 6.92 Å². The predicted octanol–water partition coefficient (Wildman–Crippen LogP) is 5.52. The molecular formula is C29H32N2O4. The minimum atomic E-state index is -0.839. The highest BCUT2D eigenvalue weighted by Gasteiger charge is 2.34. The molecule has 35 heavy (non-hydrogen) atoms. The van der Waals surface area contributed by atoms with Crippen LogP contribution in [0.15, 0.2) is 66.9 Å². The number of aromatic nitrogens is 1. The molecular weight excluding hydrogens is 440 g/mol. The maximum absolute atomic E-state index is 13.2. The summed E-state index contributed by atoms with van der Waals surface area (Å²) in [5.74, 6) is -0.532. The van der Waals surface area contributed by atoms with E-state index in [0.717, 1.165) is 33.5 Å². The van der Waals surface area contributed by atoms with Crippen molar-refractivity contribution in [1.29, 1.82) is 0 Å². The van der Waals surface area contributed by atoms with Crippen LogP contribution in [0.4, 0.5) is 4.79 Å². The van der Waals surface area contributed by atoms with Gasteiger partial charge in [-0.1, -0.05) is 54.6 Å². The smallest absolute Gasteiger partial charge is 0.410 e. The van der Waals surface area contributed by atoms with Gasteiger partial charge in [-0.3, -0.25) is 9.88 Å². The van der Waals surface area contributed by atoms with Crippen molar-refractivity contribution in [2.24, 2.45) is 0 Å². The molecule has 1 atom stereocenters. The molecule has 0 fully saturated rings. The van der Waals surface area contributed by atoms with Crippen molar-refractivity contribution >= 4 is 12.1 Å². The van der Waals surface area contributed by atoms with E-state index in [-0.39, 0.29) is 18.9 Å². The van der Waals surface area contributed by atoms with Gasteiger partial charge in [0.15, 0.2) is 0 Å². The fourth-order valence-electron chi connectivity index (χ4n) is 4.41. The van der Waals surface area contributed by atoms with Crippen LogP contribution in [0.25, 0.3) is 11.1 Å². The first-order valence-electron chi connectivity index (χ1n) is 11.9. The summed E-state index contributed by atoms with van der Waals surface area (Å²) in [4.78, 5) is 31.9. The molecule has 3 aromatic rings. The molecule has 182 valence electrons. The lowest BCUT2D eigenvalue weighted by Crippen LogP contribution is -2.47. The first kappa shape index (κ1) is 24.5. The first-order valence-corrected chi connectivity index (χ1v) is 11.9. The van der Waals surface area contributed by atoms with Crippen LogP contribution in [0.5, 0.6) is 0 Å². The first-order chi connectivity index (χ1) is 16.6. The monoisotopic (exact) mass is 472 g/mol. The summed E-state index contributed by atoms with van der Waals surface area (Å²) >= 11 is 0. The highest BCUT2D eigenvalue weighted by Crippen LogP contribution is 2.44. The zero-order valence-electron chi connectivity index (χ0n) is 20.9. The number of ether oxygens (including phenoxy) is 2. The fourth-order valence-corrected chi connectivity index (χ4v) is 4.41. The second-order valence-electron chi connectivity index (χ2n) is 9.98. The Balaban J connectivity index is 1.51. The molecule has 2 aromatic carbocycles. The topological polar surface area (TPSA) is 68.7 Å². The molecule has 1 aliphatic rings. The van der Waals surface area contributed by atoms with Gasteiger partial charge in [-0.25, -0.2) is 9.59 Å². The van der Waals surface area contributed by atoms with Crippen LogP contribution in [0.3, 0.4) is 0 Å². The Morgan fingerprint density at radius 2 is 1.57 bits per heavy atom. The van der Waals surface area contributed by atoms with E-state index >= 15 is 0 Å². The number of hydrogen-bond donors (Lipinski definition) is 0. The number of fused-ring (bicyclic) bond motifs is 3. The molecule has 0 unspecified atom stereocenters. The van der Waals surface area contributed by atoms with Gasteiger partial charge in [0.25, 0.3) is 0 Å². The molecule has 0 saturated carbocycles. The maximum Gasteiger partial charge on any atom is 0.410 e. The van der Waals surface area contributed by atoms with Crippen molar-refractivity contribution in [2.45, 2.75) is 51.7 Å². The van der Waals surface area contributed by atoms with Gasteiger partial charge in [0.1, 0.15) is 18.2 Å². The van der Waals surface area contributed by atoms with E-state index < -0.39 is 23.7 Å². The number of aryl methyl sites for hydroxylation is 1. The molecule has 0 saturated heterocycles. The summed E-state index contributed by atoms with van der Waals surface area (Å²) in [6.07, 6.45) is 1.43. The zero-order chi connectivity index (χ0) is 25.2. The Kier molecular flexibility index (Phi) is 6.92. The van der Waals surface area contributed by atoms with E-state index in [4.69, 9.17) is 9.47 Å². The number of hydrogen-bond acceptors (Lipinski definition) is 5. The van der Waals surface area contributed by atoms with Crippen LogP contribution in [0.2, 0.25) is 0 Å².